The van der Waals surface area contributed by atoms with Crippen molar-refractivity contribution in [3.63, 3.8) is 0 Å². The number of halogens is 2. The Hall–Kier alpha value is -4.72. The molecule has 3 aliphatic rings. The molecule has 0 aliphatic heterocycles. The molecule has 0 amide bonds. The van der Waals surface area contributed by atoms with Crippen LogP contribution in [0.15, 0.2) is 70.8 Å². The molecule has 43 heavy (non-hydrogen) atoms. The zero-order valence-corrected chi connectivity index (χ0v) is 24.6. The first-order chi connectivity index (χ1) is 20.8. The van der Waals surface area contributed by atoms with Crippen LogP contribution < -0.4 is 0 Å². The molecule has 0 aromatic heterocycles. The molecule has 0 saturated heterocycles. The van der Waals surface area contributed by atoms with E-state index in [1.807, 2.05) is 36.4 Å². The van der Waals surface area contributed by atoms with Crippen molar-refractivity contribution in [3.05, 3.63) is 103 Å². The van der Waals surface area contributed by atoms with Gasteiger partial charge in [-0.05, 0) is 60.8 Å². The summed E-state index contributed by atoms with van der Waals surface area (Å²) in [5.41, 5.74) is 3.15. The van der Waals surface area contributed by atoms with Gasteiger partial charge in [-0.15, -0.1) is 0 Å². The Morgan fingerprint density at radius 1 is 0.628 bits per heavy atom. The van der Waals surface area contributed by atoms with Crippen molar-refractivity contribution in [2.24, 2.45) is 11.8 Å². The summed E-state index contributed by atoms with van der Waals surface area (Å²) in [4.78, 5) is 26.9. The summed E-state index contributed by atoms with van der Waals surface area (Å²) in [6.45, 7) is 0. The van der Waals surface area contributed by atoms with Gasteiger partial charge in [-0.1, -0.05) is 78.9 Å². The summed E-state index contributed by atoms with van der Waals surface area (Å²) in [6, 6.07) is 17.9. The second-order valence-electron chi connectivity index (χ2n) is 10.9. The van der Waals surface area contributed by atoms with Crippen LogP contribution in [-0.2, 0) is 0 Å². The van der Waals surface area contributed by atoms with Gasteiger partial charge >= 0.3 is 0 Å². The van der Waals surface area contributed by atoms with Crippen molar-refractivity contribution in [1.82, 2.24) is 0 Å². The zero-order chi connectivity index (χ0) is 30.7. The van der Waals surface area contributed by atoms with E-state index in [0.717, 1.165) is 44.9 Å². The molecule has 1 saturated carbocycles. The highest BCUT2D eigenvalue weighted by Crippen LogP contribution is 2.44. The summed E-state index contributed by atoms with van der Waals surface area (Å²) in [5.74, 6) is -0.329. The average molecular weight is 604 g/mol. The van der Waals surface area contributed by atoms with E-state index >= 15 is 0 Å². The number of hydrogen-bond acceptors (Lipinski definition) is 6. The molecule has 2 atom stereocenters. The van der Waals surface area contributed by atoms with Gasteiger partial charge in [0.15, 0.2) is 11.6 Å². The number of carbonyl (C=O) groups excluding carboxylic acids is 2. The van der Waals surface area contributed by atoms with Crippen LogP contribution in [0, 0.1) is 57.2 Å². The Morgan fingerprint density at radius 2 is 1.05 bits per heavy atom. The van der Waals surface area contributed by atoms with Gasteiger partial charge in [0.05, 0.1) is 10.0 Å². The number of ketones is 2. The molecule has 3 aliphatic carbocycles. The number of fused-ring (bicyclic) bond motifs is 2. The topological polar surface area (TPSA) is 129 Å². The van der Waals surface area contributed by atoms with E-state index in [1.165, 1.54) is 6.07 Å². The van der Waals surface area contributed by atoms with Gasteiger partial charge in [-0.25, -0.2) is 0 Å². The lowest BCUT2D eigenvalue weighted by Gasteiger charge is -2.14. The largest absolute Gasteiger partial charge is 0.289 e. The minimum Gasteiger partial charge on any atom is -0.289 e. The molecule has 0 spiro atoms. The van der Waals surface area contributed by atoms with Crippen LogP contribution in [0.25, 0.3) is 11.1 Å². The quantitative estimate of drug-likeness (QED) is 0.250. The monoisotopic (exact) mass is 602 g/mol. The van der Waals surface area contributed by atoms with E-state index < -0.39 is 0 Å². The fourth-order valence-electron chi connectivity index (χ4n) is 6.33. The molecule has 2 aromatic rings. The Morgan fingerprint density at radius 3 is 1.56 bits per heavy atom. The molecule has 0 N–H and O–H groups in total. The smallest absolute Gasteiger partial charge is 0.194 e. The predicted molar refractivity (Wildman–Crippen MR) is 163 cm³/mol. The lowest BCUT2D eigenvalue weighted by molar-refractivity contribution is 0.103. The lowest BCUT2D eigenvalue weighted by atomic mass is 9.90. The van der Waals surface area contributed by atoms with Crippen LogP contribution in [-0.4, -0.2) is 11.6 Å². The van der Waals surface area contributed by atoms with Crippen LogP contribution in [0.5, 0.6) is 0 Å². The third kappa shape index (κ3) is 5.57. The van der Waals surface area contributed by atoms with Crippen LogP contribution in [0.4, 0.5) is 0 Å². The minimum absolute atomic E-state index is 0.0378. The van der Waals surface area contributed by atoms with Crippen molar-refractivity contribution < 1.29 is 9.59 Å². The molecule has 2 aromatic carbocycles. The lowest BCUT2D eigenvalue weighted by Crippen LogP contribution is -2.04. The van der Waals surface area contributed by atoms with E-state index in [1.54, 1.807) is 30.3 Å². The van der Waals surface area contributed by atoms with Gasteiger partial charge in [-0.3, -0.25) is 9.59 Å². The number of nitrogens with zero attached hydrogens (tertiary/aromatic N) is 4. The van der Waals surface area contributed by atoms with Crippen LogP contribution in [0.1, 0.15) is 76.8 Å². The molecule has 8 heteroatoms. The van der Waals surface area contributed by atoms with E-state index in [-0.39, 0.29) is 44.6 Å². The maximum Gasteiger partial charge on any atom is 0.194 e. The van der Waals surface area contributed by atoms with E-state index in [2.05, 4.69) is 0 Å². The maximum absolute atomic E-state index is 13.5. The van der Waals surface area contributed by atoms with E-state index in [4.69, 9.17) is 23.2 Å². The number of hydrogen-bond donors (Lipinski definition) is 0. The molecular formula is C35H24Cl2N4O2. The molecule has 5 rings (SSSR count). The molecule has 0 bridgehead atoms. The third-order valence-electron chi connectivity index (χ3n) is 8.34. The number of rotatable bonds is 2. The Balaban J connectivity index is 1.43. The highest BCUT2D eigenvalue weighted by molar-refractivity contribution is 6.43. The average Bonchev–Trinajstić information content (AvgIpc) is 3.46. The summed E-state index contributed by atoms with van der Waals surface area (Å²) in [5, 5.41) is 39.1. The number of nitriles is 4. The first kappa shape index (κ1) is 29.8. The van der Waals surface area contributed by atoms with Crippen molar-refractivity contribution in [2.75, 3.05) is 0 Å². The summed E-state index contributed by atoms with van der Waals surface area (Å²) in [6.07, 6.45) is 9.66. The molecule has 0 radical (unpaired) electrons. The molecule has 6 nitrogen and oxygen atoms in total. The number of allylic oxidation sites excluding steroid dienone is 8. The van der Waals surface area contributed by atoms with Gasteiger partial charge in [0, 0.05) is 33.4 Å². The van der Waals surface area contributed by atoms with Crippen LogP contribution in [0.2, 0.25) is 10.0 Å². The van der Waals surface area contributed by atoms with Gasteiger partial charge in [0.2, 0.25) is 0 Å². The van der Waals surface area contributed by atoms with Crippen molar-refractivity contribution in [3.8, 4) is 24.3 Å². The summed E-state index contributed by atoms with van der Waals surface area (Å²) in [7, 11) is 0. The molecule has 0 heterocycles. The predicted octanol–water partition coefficient (Wildman–Crippen LogP) is 8.52. The van der Waals surface area contributed by atoms with Crippen LogP contribution >= 0.6 is 23.2 Å². The number of carbonyl (C=O) groups is 2. The second kappa shape index (κ2) is 12.7. The minimum atomic E-state index is -0.279. The maximum atomic E-state index is 13.5. The first-order valence-electron chi connectivity index (χ1n) is 14.0. The Labute approximate surface area is 260 Å². The summed E-state index contributed by atoms with van der Waals surface area (Å²) >= 11 is 12.4. The standard InChI is InChI=1S/C35H24Cl2N4O2/c36-30-14-26-27(15-31(30)37)35(43)29(33(26)23(18-40)19-41)13-21-7-2-1-6-20(8-5-9-21)12-28-32(22(16-38)17-39)24-10-3-4-11-25(24)34(28)42/h3-4,10-15,20-21H,1-2,5-9H2/b28-12-,29-13-. The van der Waals surface area contributed by atoms with Crippen molar-refractivity contribution in [2.45, 2.75) is 44.9 Å². The van der Waals surface area contributed by atoms with Gasteiger partial charge < -0.3 is 0 Å². The Bertz CT molecular complexity index is 1840. The molecular weight excluding hydrogens is 579 g/mol. The zero-order valence-electron chi connectivity index (χ0n) is 23.1. The van der Waals surface area contributed by atoms with Crippen LogP contribution in [0.3, 0.4) is 0 Å². The van der Waals surface area contributed by atoms with Crippen molar-refractivity contribution >= 4 is 45.9 Å². The first-order valence-corrected chi connectivity index (χ1v) is 14.8. The van der Waals surface area contributed by atoms with Gasteiger partial charge in [-0.2, -0.15) is 21.0 Å². The highest BCUT2D eigenvalue weighted by atomic mass is 35.5. The van der Waals surface area contributed by atoms with Gasteiger partial charge in [0.1, 0.15) is 35.4 Å². The fourth-order valence-corrected chi connectivity index (χ4v) is 6.65. The molecule has 210 valence electrons. The Kier molecular flexibility index (Phi) is 8.76. The second-order valence-corrected chi connectivity index (χ2v) is 11.7. The highest BCUT2D eigenvalue weighted by Gasteiger charge is 2.35. The van der Waals surface area contributed by atoms with Gasteiger partial charge in [0.25, 0.3) is 0 Å². The number of benzene rings is 2. The molecule has 2 unspecified atom stereocenters. The third-order valence-corrected chi connectivity index (χ3v) is 9.07. The number of Topliss-reactive ketones (excluding diaryl/α,β-unsaturated/α-hetero) is 2. The van der Waals surface area contributed by atoms with E-state index in [0.29, 0.717) is 44.5 Å². The SMILES string of the molecule is N#CC(C#N)=C1/C(=C/C2CCCCC(/C=C3\C(=O)c4cc(Cl)c(Cl)cc4C3=C(C#N)C#N)CCC2)C(=O)c2ccccc21. The normalized spacial score (nSPS) is 21.5. The van der Waals surface area contributed by atoms with Crippen molar-refractivity contribution in [1.29, 1.82) is 21.0 Å². The van der Waals surface area contributed by atoms with E-state index in [9.17, 15) is 30.6 Å². The molecule has 1 fully saturated rings. The fraction of sp³-hybridized carbons (Fsp3) is 0.257. The summed E-state index contributed by atoms with van der Waals surface area (Å²) < 4.78 is 0.